The lowest BCUT2D eigenvalue weighted by atomic mass is 10.2. The molecule has 108 valence electrons. The second-order valence-corrected chi connectivity index (χ2v) is 5.74. The molecule has 0 heterocycles. The van der Waals surface area contributed by atoms with Crippen LogP contribution < -0.4 is 0 Å². The van der Waals surface area contributed by atoms with Crippen LogP contribution in [0.4, 0.5) is 0 Å². The van der Waals surface area contributed by atoms with Crippen molar-refractivity contribution < 1.29 is 14.3 Å². The van der Waals surface area contributed by atoms with Gasteiger partial charge in [-0.15, -0.1) is 0 Å². The van der Waals surface area contributed by atoms with Crippen molar-refractivity contribution in [3.8, 4) is 0 Å². The van der Waals surface area contributed by atoms with E-state index in [2.05, 4.69) is 0 Å². The minimum atomic E-state index is -0.875. The Morgan fingerprint density at radius 3 is 1.19 bits per heavy atom. The van der Waals surface area contributed by atoms with Crippen molar-refractivity contribution in [2.45, 2.75) is 0 Å². The van der Waals surface area contributed by atoms with Crippen LogP contribution in [0.1, 0.15) is 20.7 Å². The van der Waals surface area contributed by atoms with Crippen molar-refractivity contribution in [3.05, 3.63) is 67.6 Å². The first-order chi connectivity index (χ1) is 9.85. The molecule has 0 aliphatic rings. The molecule has 0 aliphatic heterocycles. The highest BCUT2D eigenvalue weighted by Gasteiger charge is 2.17. The molecule has 3 nitrogen and oxygen atoms in total. The van der Waals surface area contributed by atoms with Gasteiger partial charge >= 0.3 is 11.9 Å². The van der Waals surface area contributed by atoms with Gasteiger partial charge < -0.3 is 4.74 Å². The average Bonchev–Trinajstić information content (AvgIpc) is 2.36. The summed E-state index contributed by atoms with van der Waals surface area (Å²) in [5, 5.41) is 1.03. The molecular weight excluding hydrogens is 358 g/mol. The summed E-state index contributed by atoms with van der Waals surface area (Å²) in [5.41, 5.74) is 0.128. The standard InChI is InChI=1S/C14H6Cl4O3/c15-9-1-7(2-10(16)5-9)13(19)21-14(20)8-3-11(17)6-12(18)4-8/h1-6H. The lowest BCUT2D eigenvalue weighted by Crippen LogP contribution is -2.13. The number of hydrogen-bond acceptors (Lipinski definition) is 3. The topological polar surface area (TPSA) is 43.4 Å². The fourth-order valence-corrected chi connectivity index (χ4v) is 2.60. The molecule has 7 heteroatoms. The molecule has 0 spiro atoms. The van der Waals surface area contributed by atoms with Gasteiger partial charge in [-0.3, -0.25) is 0 Å². The first-order valence-electron chi connectivity index (χ1n) is 5.54. The first-order valence-corrected chi connectivity index (χ1v) is 7.05. The summed E-state index contributed by atoms with van der Waals surface area (Å²) in [6.07, 6.45) is 0. The molecule has 2 aromatic carbocycles. The summed E-state index contributed by atoms with van der Waals surface area (Å²) in [7, 11) is 0. The Labute approximate surface area is 140 Å². The summed E-state index contributed by atoms with van der Waals surface area (Å²) < 4.78 is 4.73. The van der Waals surface area contributed by atoms with Gasteiger partial charge in [0.1, 0.15) is 0 Å². The van der Waals surface area contributed by atoms with Gasteiger partial charge in [0.15, 0.2) is 0 Å². The molecule has 2 aromatic rings. The number of carbonyl (C=O) groups is 2. The van der Waals surface area contributed by atoms with Crippen molar-refractivity contribution in [1.82, 2.24) is 0 Å². The number of hydrogen-bond donors (Lipinski definition) is 0. The molecule has 0 N–H and O–H groups in total. The van der Waals surface area contributed by atoms with E-state index >= 15 is 0 Å². The summed E-state index contributed by atoms with van der Waals surface area (Å²) in [4.78, 5) is 23.8. The predicted molar refractivity (Wildman–Crippen MR) is 82.7 cm³/mol. The highest BCUT2D eigenvalue weighted by molar-refractivity contribution is 6.35. The second-order valence-electron chi connectivity index (χ2n) is 3.99. The van der Waals surface area contributed by atoms with Gasteiger partial charge in [0.2, 0.25) is 0 Å². The predicted octanol–water partition coefficient (Wildman–Crippen LogP) is 5.30. The van der Waals surface area contributed by atoms with Crippen LogP contribution in [0.3, 0.4) is 0 Å². The van der Waals surface area contributed by atoms with Crippen LogP contribution in [0.15, 0.2) is 36.4 Å². The summed E-state index contributed by atoms with van der Waals surface area (Å²) in [6.45, 7) is 0. The highest BCUT2D eigenvalue weighted by Crippen LogP contribution is 2.22. The number of benzene rings is 2. The van der Waals surface area contributed by atoms with Gasteiger partial charge in [-0.05, 0) is 36.4 Å². The van der Waals surface area contributed by atoms with E-state index in [-0.39, 0.29) is 31.2 Å². The van der Waals surface area contributed by atoms with E-state index in [0.717, 1.165) is 0 Å². The summed E-state index contributed by atoms with van der Waals surface area (Å²) in [5.74, 6) is -1.75. The van der Waals surface area contributed by atoms with Gasteiger partial charge in [-0.1, -0.05) is 46.4 Å². The van der Waals surface area contributed by atoms with Gasteiger partial charge in [0, 0.05) is 20.1 Å². The molecule has 0 atom stereocenters. The molecule has 0 radical (unpaired) electrons. The Bertz CT molecular complexity index is 626. The third-order valence-corrected chi connectivity index (χ3v) is 3.25. The number of esters is 2. The molecule has 0 saturated carbocycles. The SMILES string of the molecule is O=C(OC(=O)c1cc(Cl)cc(Cl)c1)c1cc(Cl)cc(Cl)c1. The third-order valence-electron chi connectivity index (χ3n) is 2.38. The van der Waals surface area contributed by atoms with Crippen molar-refractivity contribution in [2.24, 2.45) is 0 Å². The van der Waals surface area contributed by atoms with Crippen molar-refractivity contribution in [1.29, 1.82) is 0 Å². The summed E-state index contributed by atoms with van der Waals surface area (Å²) in [6, 6.07) is 8.28. The Balaban J connectivity index is 2.20. The fourth-order valence-electron chi connectivity index (χ4n) is 1.55. The Kier molecular flexibility index (Phi) is 5.12. The molecule has 0 fully saturated rings. The van der Waals surface area contributed by atoms with E-state index in [1.165, 1.54) is 36.4 Å². The van der Waals surface area contributed by atoms with Gasteiger partial charge in [-0.2, -0.15) is 0 Å². The number of carbonyl (C=O) groups excluding carboxylic acids is 2. The van der Waals surface area contributed by atoms with Crippen LogP contribution in [0.25, 0.3) is 0 Å². The lowest BCUT2D eigenvalue weighted by molar-refractivity contribution is 0.0398. The zero-order valence-corrected chi connectivity index (χ0v) is 13.2. The van der Waals surface area contributed by atoms with E-state index in [4.69, 9.17) is 51.1 Å². The van der Waals surface area contributed by atoms with E-state index in [1.807, 2.05) is 0 Å². The van der Waals surface area contributed by atoms with Gasteiger partial charge in [0.25, 0.3) is 0 Å². The largest absolute Gasteiger partial charge is 0.386 e. The maximum atomic E-state index is 11.9. The van der Waals surface area contributed by atoms with Crippen LogP contribution in [0.2, 0.25) is 20.1 Å². The molecular formula is C14H6Cl4O3. The number of halogens is 4. The fraction of sp³-hybridized carbons (Fsp3) is 0. The molecule has 0 saturated heterocycles. The zero-order chi connectivity index (χ0) is 15.6. The summed E-state index contributed by atoms with van der Waals surface area (Å²) >= 11 is 23.1. The van der Waals surface area contributed by atoms with E-state index in [9.17, 15) is 9.59 Å². The monoisotopic (exact) mass is 362 g/mol. The van der Waals surface area contributed by atoms with Crippen LogP contribution in [-0.2, 0) is 4.74 Å². The minimum Gasteiger partial charge on any atom is -0.386 e. The van der Waals surface area contributed by atoms with Crippen LogP contribution in [0, 0.1) is 0 Å². The third kappa shape index (κ3) is 4.35. The minimum absolute atomic E-state index is 0.0639. The van der Waals surface area contributed by atoms with Crippen molar-refractivity contribution >= 4 is 58.3 Å². The smallest absolute Gasteiger partial charge is 0.346 e. The molecule has 0 aromatic heterocycles. The average molecular weight is 364 g/mol. The van der Waals surface area contributed by atoms with Crippen molar-refractivity contribution in [3.63, 3.8) is 0 Å². The molecule has 0 unspecified atom stereocenters. The number of rotatable bonds is 2. The van der Waals surface area contributed by atoms with Crippen LogP contribution in [-0.4, -0.2) is 11.9 Å². The second kappa shape index (κ2) is 6.67. The van der Waals surface area contributed by atoms with Crippen LogP contribution >= 0.6 is 46.4 Å². The first kappa shape index (κ1) is 16.1. The zero-order valence-electron chi connectivity index (χ0n) is 10.2. The van der Waals surface area contributed by atoms with Gasteiger partial charge in [0.05, 0.1) is 11.1 Å². The van der Waals surface area contributed by atoms with Gasteiger partial charge in [-0.25, -0.2) is 9.59 Å². The molecule has 21 heavy (non-hydrogen) atoms. The van der Waals surface area contributed by atoms with Crippen LogP contribution in [0.5, 0.6) is 0 Å². The quantitative estimate of drug-likeness (QED) is 0.537. The molecule has 0 aliphatic carbocycles. The maximum Gasteiger partial charge on any atom is 0.346 e. The van der Waals surface area contributed by atoms with E-state index in [0.29, 0.717) is 0 Å². The lowest BCUT2D eigenvalue weighted by Gasteiger charge is -2.05. The van der Waals surface area contributed by atoms with E-state index in [1.54, 1.807) is 0 Å². The van der Waals surface area contributed by atoms with Crippen molar-refractivity contribution in [2.75, 3.05) is 0 Å². The Hall–Kier alpha value is -1.26. The Morgan fingerprint density at radius 2 is 0.905 bits per heavy atom. The molecule has 0 amide bonds. The Morgan fingerprint density at radius 1 is 0.619 bits per heavy atom. The normalized spacial score (nSPS) is 10.3. The van der Waals surface area contributed by atoms with E-state index < -0.39 is 11.9 Å². The molecule has 0 bridgehead atoms. The maximum absolute atomic E-state index is 11.9. The highest BCUT2D eigenvalue weighted by atomic mass is 35.5. The molecule has 2 rings (SSSR count). The number of ether oxygens (including phenoxy) is 1.